The van der Waals surface area contributed by atoms with Gasteiger partial charge in [0, 0.05) is 0 Å². The van der Waals surface area contributed by atoms with Crippen molar-refractivity contribution in [2.75, 3.05) is 0 Å². The molecule has 0 fully saturated rings. The maximum absolute atomic E-state index is 2.31. The molecule has 11 heavy (non-hydrogen) atoms. The zero-order valence-corrected chi connectivity index (χ0v) is 7.81. The van der Waals surface area contributed by atoms with E-state index in [0.29, 0.717) is 5.92 Å². The van der Waals surface area contributed by atoms with E-state index in [9.17, 15) is 0 Å². The first kappa shape index (κ1) is 8.32. The Labute approximate surface area is 69.3 Å². The Morgan fingerprint density at radius 1 is 1.09 bits per heavy atom. The second-order valence-corrected chi connectivity index (χ2v) is 3.40. The fourth-order valence-electron chi connectivity index (χ4n) is 1.32. The van der Waals surface area contributed by atoms with Gasteiger partial charge in [0.25, 0.3) is 0 Å². The van der Waals surface area contributed by atoms with Crippen LogP contribution in [0.25, 0.3) is 0 Å². The molecular weight excluding hydrogens is 132 g/mol. The Balaban J connectivity index is 3.02. The van der Waals surface area contributed by atoms with Gasteiger partial charge in [0.1, 0.15) is 0 Å². The molecule has 0 spiro atoms. The summed E-state index contributed by atoms with van der Waals surface area (Å²) in [6.45, 7) is 8.78. The van der Waals surface area contributed by atoms with Gasteiger partial charge in [-0.25, -0.2) is 0 Å². The number of allylic oxidation sites excluding steroid dienone is 6. The minimum atomic E-state index is 0.602. The molecule has 0 heteroatoms. The summed E-state index contributed by atoms with van der Waals surface area (Å²) in [5, 5.41) is 0. The zero-order chi connectivity index (χ0) is 8.43. The molecule has 1 unspecified atom stereocenters. The molecule has 0 nitrogen and oxygen atoms in total. The van der Waals surface area contributed by atoms with E-state index < -0.39 is 0 Å². The van der Waals surface area contributed by atoms with Crippen molar-refractivity contribution >= 4 is 0 Å². The number of rotatable bonds is 0. The molecule has 0 N–H and O–H groups in total. The lowest BCUT2D eigenvalue weighted by Crippen LogP contribution is -1.92. The average Bonchev–Trinajstić information content (AvgIpc) is 2.05. The maximum atomic E-state index is 2.31. The highest BCUT2D eigenvalue weighted by molar-refractivity contribution is 5.35. The summed E-state index contributed by atoms with van der Waals surface area (Å²) in [6, 6.07) is 0. The van der Waals surface area contributed by atoms with E-state index in [2.05, 4.69) is 45.9 Å². The maximum Gasteiger partial charge on any atom is -0.00430 e. The Kier molecular flexibility index (Phi) is 2.33. The molecular formula is C11H16. The third kappa shape index (κ3) is 1.83. The first-order valence-corrected chi connectivity index (χ1v) is 4.15. The van der Waals surface area contributed by atoms with Crippen LogP contribution in [0.5, 0.6) is 0 Å². The summed E-state index contributed by atoms with van der Waals surface area (Å²) in [5.74, 6) is 0.602. The van der Waals surface area contributed by atoms with Crippen molar-refractivity contribution in [3.8, 4) is 0 Å². The van der Waals surface area contributed by atoms with Crippen molar-refractivity contribution in [1.29, 1.82) is 0 Å². The van der Waals surface area contributed by atoms with Crippen molar-refractivity contribution in [3.63, 3.8) is 0 Å². The molecule has 0 amide bonds. The van der Waals surface area contributed by atoms with Gasteiger partial charge in [-0.2, -0.15) is 0 Å². The van der Waals surface area contributed by atoms with Crippen LogP contribution in [-0.4, -0.2) is 0 Å². The minimum Gasteiger partial charge on any atom is -0.0747 e. The average molecular weight is 148 g/mol. The predicted octanol–water partition coefficient (Wildman–Crippen LogP) is 3.48. The molecule has 0 aliphatic heterocycles. The molecule has 60 valence electrons. The van der Waals surface area contributed by atoms with Crippen LogP contribution in [0.3, 0.4) is 0 Å². The normalized spacial score (nSPS) is 25.1. The van der Waals surface area contributed by atoms with Crippen LogP contribution in [0.15, 0.2) is 34.9 Å². The highest BCUT2D eigenvalue weighted by atomic mass is 14.1. The van der Waals surface area contributed by atoms with Gasteiger partial charge in [-0.15, -0.1) is 0 Å². The predicted molar refractivity (Wildman–Crippen MR) is 50.4 cm³/mol. The van der Waals surface area contributed by atoms with Crippen LogP contribution in [0, 0.1) is 5.92 Å². The van der Waals surface area contributed by atoms with Gasteiger partial charge in [-0.3, -0.25) is 0 Å². The second kappa shape index (κ2) is 3.08. The van der Waals surface area contributed by atoms with E-state index in [1.165, 1.54) is 16.7 Å². The fraction of sp³-hybridized carbons (Fsp3) is 0.455. The van der Waals surface area contributed by atoms with E-state index in [0.717, 1.165) is 0 Å². The smallest absolute Gasteiger partial charge is 0.00430 e. The van der Waals surface area contributed by atoms with Gasteiger partial charge in [0.05, 0.1) is 0 Å². The van der Waals surface area contributed by atoms with Crippen molar-refractivity contribution in [2.45, 2.75) is 27.7 Å². The number of hydrogen-bond donors (Lipinski definition) is 0. The van der Waals surface area contributed by atoms with E-state index in [4.69, 9.17) is 0 Å². The highest BCUT2D eigenvalue weighted by Gasteiger charge is 2.05. The van der Waals surface area contributed by atoms with Gasteiger partial charge in [-0.05, 0) is 26.7 Å². The van der Waals surface area contributed by atoms with Gasteiger partial charge >= 0.3 is 0 Å². The van der Waals surface area contributed by atoms with Crippen molar-refractivity contribution < 1.29 is 0 Å². The minimum absolute atomic E-state index is 0.602. The van der Waals surface area contributed by atoms with Crippen LogP contribution >= 0.6 is 0 Å². The van der Waals surface area contributed by atoms with Gasteiger partial charge < -0.3 is 0 Å². The Bertz CT molecular complexity index is 239. The molecule has 0 heterocycles. The molecule has 1 aliphatic carbocycles. The summed E-state index contributed by atoms with van der Waals surface area (Å²) >= 11 is 0. The Morgan fingerprint density at radius 3 is 2.36 bits per heavy atom. The lowest BCUT2D eigenvalue weighted by Gasteiger charge is -2.07. The van der Waals surface area contributed by atoms with Crippen LogP contribution in [0.4, 0.5) is 0 Å². The fourth-order valence-corrected chi connectivity index (χ4v) is 1.32. The van der Waals surface area contributed by atoms with E-state index in [1.54, 1.807) is 0 Å². The van der Waals surface area contributed by atoms with Crippen molar-refractivity contribution in [1.82, 2.24) is 0 Å². The van der Waals surface area contributed by atoms with Crippen molar-refractivity contribution in [2.24, 2.45) is 5.92 Å². The van der Waals surface area contributed by atoms with E-state index in [1.807, 2.05) is 0 Å². The largest absolute Gasteiger partial charge is 0.0747 e. The third-order valence-electron chi connectivity index (χ3n) is 2.41. The first-order valence-electron chi connectivity index (χ1n) is 4.15. The zero-order valence-electron chi connectivity index (χ0n) is 7.81. The molecule has 0 radical (unpaired) electrons. The molecule has 0 aromatic heterocycles. The number of hydrogen-bond acceptors (Lipinski definition) is 0. The van der Waals surface area contributed by atoms with Gasteiger partial charge in [-0.1, -0.05) is 41.9 Å². The molecule has 0 bridgehead atoms. The van der Waals surface area contributed by atoms with Crippen LogP contribution in [-0.2, 0) is 0 Å². The Morgan fingerprint density at radius 2 is 1.73 bits per heavy atom. The topological polar surface area (TPSA) is 0 Å². The monoisotopic (exact) mass is 148 g/mol. The standard InChI is InChI=1S/C11H16/c1-8-5-6-9(2)11(4)10(3)7-8/h5-7,10H,1-4H3. The van der Waals surface area contributed by atoms with E-state index in [-0.39, 0.29) is 0 Å². The van der Waals surface area contributed by atoms with Crippen LogP contribution in [0.2, 0.25) is 0 Å². The third-order valence-corrected chi connectivity index (χ3v) is 2.41. The molecule has 0 saturated carbocycles. The highest BCUT2D eigenvalue weighted by Crippen LogP contribution is 2.21. The molecule has 1 rings (SSSR count). The van der Waals surface area contributed by atoms with Crippen molar-refractivity contribution in [3.05, 3.63) is 34.9 Å². The molecule has 0 saturated heterocycles. The molecule has 0 aromatic rings. The second-order valence-electron chi connectivity index (χ2n) is 3.40. The quantitative estimate of drug-likeness (QED) is 0.493. The first-order chi connectivity index (χ1) is 5.11. The summed E-state index contributed by atoms with van der Waals surface area (Å²) in [4.78, 5) is 0. The van der Waals surface area contributed by atoms with Crippen LogP contribution in [0.1, 0.15) is 27.7 Å². The molecule has 1 atom stereocenters. The SMILES string of the molecule is CC1=CC(C)C(C)=C(C)C=C1. The molecule has 0 aromatic carbocycles. The lowest BCUT2D eigenvalue weighted by atomic mass is 9.98. The van der Waals surface area contributed by atoms with E-state index >= 15 is 0 Å². The van der Waals surface area contributed by atoms with Crippen LogP contribution < -0.4 is 0 Å². The summed E-state index contributed by atoms with van der Waals surface area (Å²) in [6.07, 6.45) is 6.69. The van der Waals surface area contributed by atoms with Gasteiger partial charge in [0.2, 0.25) is 0 Å². The van der Waals surface area contributed by atoms with Gasteiger partial charge in [0.15, 0.2) is 0 Å². The summed E-state index contributed by atoms with van der Waals surface area (Å²) in [5.41, 5.74) is 4.26. The lowest BCUT2D eigenvalue weighted by molar-refractivity contribution is 0.848. The molecule has 1 aliphatic rings. The summed E-state index contributed by atoms with van der Waals surface area (Å²) < 4.78 is 0. The summed E-state index contributed by atoms with van der Waals surface area (Å²) in [7, 11) is 0. The Hall–Kier alpha value is -0.780.